The van der Waals surface area contributed by atoms with Crippen LogP contribution in [0.15, 0.2) is 41.2 Å². The molecule has 0 aliphatic heterocycles. The minimum atomic E-state index is -4.96. The van der Waals surface area contributed by atoms with E-state index in [0.29, 0.717) is 34.1 Å². The van der Waals surface area contributed by atoms with Crippen molar-refractivity contribution in [3.05, 3.63) is 68.5 Å². The minimum absolute atomic E-state index is 0.0949. The van der Waals surface area contributed by atoms with E-state index in [1.165, 1.54) is 18.2 Å². The van der Waals surface area contributed by atoms with Crippen LogP contribution in [0.25, 0.3) is 10.9 Å². The zero-order valence-electron chi connectivity index (χ0n) is 17.3. The number of phenols is 1. The van der Waals surface area contributed by atoms with Gasteiger partial charge in [-0.2, -0.15) is 13.2 Å². The van der Waals surface area contributed by atoms with E-state index < -0.39 is 30.2 Å². The molecule has 3 atom stereocenters. The Labute approximate surface area is 186 Å². The van der Waals surface area contributed by atoms with Crippen LogP contribution in [0.3, 0.4) is 0 Å². The van der Waals surface area contributed by atoms with Crippen molar-refractivity contribution in [1.29, 1.82) is 0 Å². The first-order chi connectivity index (χ1) is 15.0. The summed E-state index contributed by atoms with van der Waals surface area (Å²) < 4.78 is 42.9. The standard InChI is InChI=1S/C23H22ClF3N2O3/c1-3-12-10-22(32,23(25,26)27)21(14-9-15(24)11(2)20(31)19(12)14)29-17-6-4-5-16-13(17)7-8-18(30)28-16/h4-9,12,21,29,31-32H,3,10H2,1-2H3,(H,28,30)/t12-,21-,22-/m0/s1. The van der Waals surface area contributed by atoms with Crippen molar-refractivity contribution in [3.63, 3.8) is 0 Å². The molecule has 0 unspecified atom stereocenters. The van der Waals surface area contributed by atoms with Crippen LogP contribution in [0.5, 0.6) is 5.75 Å². The molecule has 1 aliphatic carbocycles. The number of aliphatic hydroxyl groups is 1. The Morgan fingerprint density at radius 1 is 1.28 bits per heavy atom. The summed E-state index contributed by atoms with van der Waals surface area (Å²) in [6, 6.07) is 7.31. The molecule has 0 saturated heterocycles. The second-order valence-electron chi connectivity index (χ2n) is 8.23. The monoisotopic (exact) mass is 466 g/mol. The normalized spacial score (nSPS) is 23.2. The van der Waals surface area contributed by atoms with Crippen LogP contribution in [-0.4, -0.2) is 27.0 Å². The summed E-state index contributed by atoms with van der Waals surface area (Å²) in [5.74, 6) is -0.868. The number of rotatable bonds is 3. The van der Waals surface area contributed by atoms with E-state index in [-0.39, 0.29) is 21.9 Å². The molecule has 32 heavy (non-hydrogen) atoms. The first-order valence-electron chi connectivity index (χ1n) is 10.2. The van der Waals surface area contributed by atoms with Crippen LogP contribution in [0.1, 0.15) is 48.4 Å². The quantitative estimate of drug-likeness (QED) is 0.408. The highest BCUT2D eigenvalue weighted by atomic mass is 35.5. The average molecular weight is 467 g/mol. The van der Waals surface area contributed by atoms with Crippen LogP contribution in [0.4, 0.5) is 18.9 Å². The molecule has 0 saturated carbocycles. The zero-order valence-corrected chi connectivity index (χ0v) is 18.1. The van der Waals surface area contributed by atoms with Crippen molar-refractivity contribution in [1.82, 2.24) is 4.98 Å². The van der Waals surface area contributed by atoms with Crippen LogP contribution >= 0.6 is 11.6 Å². The van der Waals surface area contributed by atoms with Crippen molar-refractivity contribution in [2.75, 3.05) is 5.32 Å². The first kappa shape index (κ1) is 22.5. The molecule has 0 spiro atoms. The van der Waals surface area contributed by atoms with E-state index in [4.69, 9.17) is 11.6 Å². The number of hydrogen-bond acceptors (Lipinski definition) is 4. The van der Waals surface area contributed by atoms with E-state index in [9.17, 15) is 28.2 Å². The molecule has 170 valence electrons. The SMILES string of the molecule is CC[C@H]1C[C@@](O)(C(F)(F)F)[C@@H](Nc2cccc3[nH]c(=O)ccc23)c2cc(Cl)c(C)c(O)c21. The largest absolute Gasteiger partial charge is 0.507 e. The molecular weight excluding hydrogens is 445 g/mol. The van der Waals surface area contributed by atoms with Gasteiger partial charge in [-0.05, 0) is 55.5 Å². The number of H-pyrrole nitrogens is 1. The predicted octanol–water partition coefficient (Wildman–Crippen LogP) is 5.54. The molecule has 9 heteroatoms. The molecule has 0 amide bonds. The first-order valence-corrected chi connectivity index (χ1v) is 10.5. The average Bonchev–Trinajstić information content (AvgIpc) is 2.72. The Morgan fingerprint density at radius 3 is 2.66 bits per heavy atom. The Bertz CT molecular complexity index is 1260. The van der Waals surface area contributed by atoms with Gasteiger partial charge in [0.05, 0.1) is 11.6 Å². The van der Waals surface area contributed by atoms with Gasteiger partial charge in [0.25, 0.3) is 0 Å². The molecule has 0 bridgehead atoms. The molecule has 1 aliphatic rings. The summed E-state index contributed by atoms with van der Waals surface area (Å²) in [6.45, 7) is 3.31. The summed E-state index contributed by atoms with van der Waals surface area (Å²) >= 11 is 6.24. The maximum atomic E-state index is 14.3. The number of pyridine rings is 1. The van der Waals surface area contributed by atoms with E-state index >= 15 is 0 Å². The Morgan fingerprint density at radius 2 is 2.00 bits per heavy atom. The highest BCUT2D eigenvalue weighted by Crippen LogP contribution is 2.56. The van der Waals surface area contributed by atoms with Gasteiger partial charge < -0.3 is 20.5 Å². The summed E-state index contributed by atoms with van der Waals surface area (Å²) in [5, 5.41) is 25.3. The van der Waals surface area contributed by atoms with Crippen LogP contribution < -0.4 is 10.9 Å². The van der Waals surface area contributed by atoms with Gasteiger partial charge in [0.15, 0.2) is 5.60 Å². The molecular formula is C23H22ClF3N2O3. The lowest BCUT2D eigenvalue weighted by Crippen LogP contribution is -2.55. The number of halogens is 4. The number of benzene rings is 2. The van der Waals surface area contributed by atoms with Crippen molar-refractivity contribution in [2.45, 2.75) is 50.4 Å². The second-order valence-corrected chi connectivity index (χ2v) is 8.64. The van der Waals surface area contributed by atoms with Gasteiger partial charge in [-0.3, -0.25) is 4.79 Å². The van der Waals surface area contributed by atoms with Crippen molar-refractivity contribution >= 4 is 28.2 Å². The lowest BCUT2D eigenvalue weighted by atomic mass is 9.68. The number of alkyl halides is 3. The molecule has 3 aromatic rings. The van der Waals surface area contributed by atoms with Crippen LogP contribution in [0, 0.1) is 6.92 Å². The Hall–Kier alpha value is -2.71. The summed E-state index contributed by atoms with van der Waals surface area (Å²) in [5.41, 5.74) is -1.90. The number of aromatic nitrogens is 1. The maximum absolute atomic E-state index is 14.3. The summed E-state index contributed by atoms with van der Waals surface area (Å²) in [4.78, 5) is 14.3. The predicted molar refractivity (Wildman–Crippen MR) is 117 cm³/mol. The highest BCUT2D eigenvalue weighted by Gasteiger charge is 2.62. The topological polar surface area (TPSA) is 85.4 Å². The summed E-state index contributed by atoms with van der Waals surface area (Å²) in [6.07, 6.45) is -5.28. The lowest BCUT2D eigenvalue weighted by molar-refractivity contribution is -0.272. The van der Waals surface area contributed by atoms with Gasteiger partial charge >= 0.3 is 6.18 Å². The molecule has 2 aromatic carbocycles. The third kappa shape index (κ3) is 3.42. The van der Waals surface area contributed by atoms with Gasteiger partial charge in [-0.1, -0.05) is 24.6 Å². The van der Waals surface area contributed by atoms with Crippen LogP contribution in [0.2, 0.25) is 5.02 Å². The Kier molecular flexibility index (Phi) is 5.41. The number of nitrogens with one attached hydrogen (secondary N) is 2. The van der Waals surface area contributed by atoms with Crippen molar-refractivity contribution in [3.8, 4) is 5.75 Å². The smallest absolute Gasteiger partial charge is 0.419 e. The van der Waals surface area contributed by atoms with E-state index in [1.54, 1.807) is 32.0 Å². The molecule has 4 rings (SSSR count). The number of anilines is 1. The number of hydrogen-bond donors (Lipinski definition) is 4. The van der Waals surface area contributed by atoms with Gasteiger partial charge in [-0.15, -0.1) is 0 Å². The molecule has 1 aromatic heterocycles. The summed E-state index contributed by atoms with van der Waals surface area (Å²) in [7, 11) is 0. The highest BCUT2D eigenvalue weighted by molar-refractivity contribution is 6.31. The molecule has 0 fully saturated rings. The fourth-order valence-electron chi connectivity index (χ4n) is 4.59. The number of aromatic amines is 1. The Balaban J connectivity index is 1.97. The van der Waals surface area contributed by atoms with Crippen LogP contribution in [-0.2, 0) is 0 Å². The third-order valence-electron chi connectivity index (χ3n) is 6.37. The number of phenolic OH excluding ortho intramolecular Hbond substituents is 1. The lowest BCUT2D eigenvalue weighted by Gasteiger charge is -2.46. The minimum Gasteiger partial charge on any atom is -0.507 e. The third-order valence-corrected chi connectivity index (χ3v) is 6.76. The number of fused-ring (bicyclic) bond motifs is 2. The zero-order chi connectivity index (χ0) is 23.4. The van der Waals surface area contributed by atoms with E-state index in [1.807, 2.05) is 0 Å². The fraction of sp³-hybridized carbons (Fsp3) is 0.348. The van der Waals surface area contributed by atoms with Crippen molar-refractivity contribution < 1.29 is 23.4 Å². The van der Waals surface area contributed by atoms with E-state index in [2.05, 4.69) is 10.3 Å². The van der Waals surface area contributed by atoms with Gasteiger partial charge in [0.2, 0.25) is 5.56 Å². The second kappa shape index (κ2) is 7.71. The maximum Gasteiger partial charge on any atom is 0.419 e. The van der Waals surface area contributed by atoms with Gasteiger partial charge in [0, 0.05) is 33.3 Å². The molecule has 0 radical (unpaired) electrons. The molecule has 5 nitrogen and oxygen atoms in total. The molecule has 4 N–H and O–H groups in total. The molecule has 1 heterocycles. The number of aromatic hydroxyl groups is 1. The van der Waals surface area contributed by atoms with Gasteiger partial charge in [0.1, 0.15) is 5.75 Å². The fourth-order valence-corrected chi connectivity index (χ4v) is 4.80. The van der Waals surface area contributed by atoms with E-state index in [0.717, 1.165) is 0 Å². The van der Waals surface area contributed by atoms with Crippen molar-refractivity contribution in [2.24, 2.45) is 0 Å². The van der Waals surface area contributed by atoms with Gasteiger partial charge in [-0.25, -0.2) is 0 Å².